The lowest BCUT2D eigenvalue weighted by molar-refractivity contribution is -0.171. The van der Waals surface area contributed by atoms with E-state index in [0.717, 1.165) is 0 Å². The van der Waals surface area contributed by atoms with Crippen LogP contribution in [0.4, 0.5) is 39.9 Å². The van der Waals surface area contributed by atoms with Crippen molar-refractivity contribution in [1.29, 1.82) is 0 Å². The van der Waals surface area contributed by atoms with E-state index in [4.69, 9.17) is 35.2 Å². The van der Waals surface area contributed by atoms with Gasteiger partial charge in [0.05, 0.1) is 30.8 Å². The number of esters is 2. The molecular formula is C38H39F8N3O12. The number of nitrogens with two attached hydrogens (primary N) is 2. The second-order valence-electron chi connectivity index (χ2n) is 14.2. The van der Waals surface area contributed by atoms with E-state index >= 15 is 0 Å². The van der Waals surface area contributed by atoms with Crippen LogP contribution in [0.1, 0.15) is 39.2 Å². The van der Waals surface area contributed by atoms with Crippen LogP contribution in [0.15, 0.2) is 42.5 Å². The van der Waals surface area contributed by atoms with Gasteiger partial charge in [-0.15, -0.1) is 0 Å². The highest BCUT2D eigenvalue weighted by Gasteiger charge is 2.47. The van der Waals surface area contributed by atoms with E-state index in [2.05, 4.69) is 5.32 Å². The maximum atomic E-state index is 14.4. The normalized spacial score (nSPS) is 14.4. The minimum Gasteiger partial charge on any atom is -0.483 e. The SMILES string of the molecule is CC(C)(C)C(C(=O)OC(COc1c(F)c(F)cc(F)c1F)[C@@H](N)CC(=O)O)[C@H](NC(=O)OCc1ccccc1)C(=O)OC(COc1c(F)c(F)cc(F)c1F)[C@@H](N)CC(=O)O. The summed E-state index contributed by atoms with van der Waals surface area (Å²) in [4.78, 5) is 64.6. The van der Waals surface area contributed by atoms with Crippen LogP contribution in [0.2, 0.25) is 0 Å². The molecular weight excluding hydrogens is 842 g/mol. The lowest BCUT2D eigenvalue weighted by Gasteiger charge is -2.36. The molecule has 61 heavy (non-hydrogen) atoms. The summed E-state index contributed by atoms with van der Waals surface area (Å²) >= 11 is 0. The van der Waals surface area contributed by atoms with Gasteiger partial charge >= 0.3 is 30.0 Å². The summed E-state index contributed by atoms with van der Waals surface area (Å²) in [6.07, 6.45) is -7.65. The van der Waals surface area contributed by atoms with E-state index < -0.39 is 162 Å². The van der Waals surface area contributed by atoms with Crippen molar-refractivity contribution >= 4 is 30.0 Å². The molecule has 1 amide bonds. The Bertz CT molecular complexity index is 2020. The van der Waals surface area contributed by atoms with Crippen molar-refractivity contribution in [2.75, 3.05) is 13.2 Å². The molecule has 0 saturated carbocycles. The van der Waals surface area contributed by atoms with Crippen molar-refractivity contribution < 1.29 is 93.0 Å². The number of rotatable bonds is 20. The Morgan fingerprint density at radius 1 is 0.656 bits per heavy atom. The zero-order valence-corrected chi connectivity index (χ0v) is 32.2. The molecule has 0 aliphatic heterocycles. The molecule has 7 N–H and O–H groups in total. The van der Waals surface area contributed by atoms with Gasteiger partial charge in [-0.3, -0.25) is 14.4 Å². The van der Waals surface area contributed by atoms with Crippen molar-refractivity contribution in [1.82, 2.24) is 5.32 Å². The fourth-order valence-electron chi connectivity index (χ4n) is 5.45. The monoisotopic (exact) mass is 881 g/mol. The summed E-state index contributed by atoms with van der Waals surface area (Å²) in [6.45, 7) is 0.869. The third kappa shape index (κ3) is 13.6. The number of ether oxygens (including phenoxy) is 5. The Morgan fingerprint density at radius 3 is 1.43 bits per heavy atom. The van der Waals surface area contributed by atoms with E-state index in [1.807, 2.05) is 0 Å². The highest BCUT2D eigenvalue weighted by Crippen LogP contribution is 2.33. The number of carbonyl (C=O) groups is 5. The number of carboxylic acid groups (broad SMARTS) is 2. The predicted molar refractivity (Wildman–Crippen MR) is 190 cm³/mol. The number of hydrogen-bond acceptors (Lipinski definition) is 12. The van der Waals surface area contributed by atoms with Crippen LogP contribution in [0.5, 0.6) is 11.5 Å². The van der Waals surface area contributed by atoms with Gasteiger partial charge in [-0.05, 0) is 11.0 Å². The topological polar surface area (TPSA) is 236 Å². The largest absolute Gasteiger partial charge is 0.483 e. The Labute approximate surface area is 340 Å². The van der Waals surface area contributed by atoms with E-state index in [1.54, 1.807) is 18.2 Å². The molecule has 0 aromatic heterocycles. The van der Waals surface area contributed by atoms with Crippen molar-refractivity contribution in [3.8, 4) is 11.5 Å². The first-order valence-corrected chi connectivity index (χ1v) is 17.7. The third-order valence-corrected chi connectivity index (χ3v) is 8.50. The van der Waals surface area contributed by atoms with E-state index in [1.165, 1.54) is 32.9 Å². The van der Waals surface area contributed by atoms with Crippen LogP contribution in [0.3, 0.4) is 0 Å². The van der Waals surface area contributed by atoms with Gasteiger partial charge in [0.25, 0.3) is 0 Å². The summed E-state index contributed by atoms with van der Waals surface area (Å²) in [6, 6.07) is 1.67. The number of halogens is 8. The highest BCUT2D eigenvalue weighted by atomic mass is 19.2. The maximum absolute atomic E-state index is 14.4. The second-order valence-corrected chi connectivity index (χ2v) is 14.2. The molecule has 0 fully saturated rings. The molecule has 0 bridgehead atoms. The lowest BCUT2D eigenvalue weighted by Crippen LogP contribution is -2.57. The maximum Gasteiger partial charge on any atom is 0.408 e. The fourth-order valence-corrected chi connectivity index (χ4v) is 5.45. The molecule has 15 nitrogen and oxygen atoms in total. The molecule has 3 unspecified atom stereocenters. The van der Waals surface area contributed by atoms with Gasteiger partial charge < -0.3 is 50.7 Å². The average molecular weight is 882 g/mol. The van der Waals surface area contributed by atoms with E-state index in [-0.39, 0.29) is 12.1 Å². The van der Waals surface area contributed by atoms with Crippen LogP contribution in [-0.2, 0) is 40.0 Å². The summed E-state index contributed by atoms with van der Waals surface area (Å²) in [5.74, 6) is -27.6. The summed E-state index contributed by atoms with van der Waals surface area (Å²) < 4.78 is 139. The molecule has 0 spiro atoms. The smallest absolute Gasteiger partial charge is 0.408 e. The first-order chi connectivity index (χ1) is 28.4. The molecule has 0 aliphatic carbocycles. The summed E-state index contributed by atoms with van der Waals surface area (Å²) in [7, 11) is 0. The molecule has 0 heterocycles. The van der Waals surface area contributed by atoms with E-state index in [9.17, 15) is 69.3 Å². The summed E-state index contributed by atoms with van der Waals surface area (Å²) in [5.41, 5.74) is 10.7. The van der Waals surface area contributed by atoms with Gasteiger partial charge in [0.2, 0.25) is 23.3 Å². The zero-order valence-electron chi connectivity index (χ0n) is 32.2. The van der Waals surface area contributed by atoms with Crippen molar-refractivity contribution in [2.24, 2.45) is 22.8 Å². The average Bonchev–Trinajstić information content (AvgIpc) is 3.16. The van der Waals surface area contributed by atoms with Gasteiger partial charge in [0.15, 0.2) is 47.0 Å². The minimum atomic E-state index is -2.31. The molecule has 3 aromatic carbocycles. The molecule has 334 valence electrons. The number of alkyl carbamates (subject to hydrolysis) is 1. The number of amides is 1. The van der Waals surface area contributed by atoms with Crippen LogP contribution in [-0.4, -0.2) is 83.7 Å². The van der Waals surface area contributed by atoms with Crippen LogP contribution >= 0.6 is 0 Å². The number of carboxylic acids is 2. The van der Waals surface area contributed by atoms with E-state index in [0.29, 0.717) is 5.56 Å². The first kappa shape index (κ1) is 49.1. The lowest BCUT2D eigenvalue weighted by atomic mass is 9.76. The van der Waals surface area contributed by atoms with Crippen LogP contribution in [0.25, 0.3) is 0 Å². The second kappa shape index (κ2) is 21.3. The molecule has 3 aromatic rings. The molecule has 0 saturated heterocycles. The van der Waals surface area contributed by atoms with Gasteiger partial charge in [-0.2, -0.15) is 17.6 Å². The predicted octanol–water partition coefficient (Wildman–Crippen LogP) is 4.64. The Hall–Kier alpha value is -6.23. The number of hydrogen-bond donors (Lipinski definition) is 5. The number of aliphatic carboxylic acids is 2. The minimum absolute atomic E-state index is 0.140. The first-order valence-electron chi connectivity index (χ1n) is 17.7. The molecule has 23 heteroatoms. The Kier molecular flexibility index (Phi) is 17.2. The number of nitrogens with one attached hydrogen (secondary N) is 1. The van der Waals surface area contributed by atoms with Gasteiger partial charge in [0, 0.05) is 12.1 Å². The van der Waals surface area contributed by atoms with Gasteiger partial charge in [0.1, 0.15) is 25.9 Å². The van der Waals surface area contributed by atoms with Crippen LogP contribution < -0.4 is 26.3 Å². The molecule has 3 rings (SSSR count). The van der Waals surface area contributed by atoms with Gasteiger partial charge in [-0.25, -0.2) is 27.2 Å². The third-order valence-electron chi connectivity index (χ3n) is 8.50. The Balaban J connectivity index is 2.07. The summed E-state index contributed by atoms with van der Waals surface area (Å²) in [5, 5.41) is 20.8. The van der Waals surface area contributed by atoms with Crippen molar-refractivity contribution in [3.05, 3.63) is 94.6 Å². The fraction of sp³-hybridized carbons (Fsp3) is 0.395. The van der Waals surface area contributed by atoms with Crippen molar-refractivity contribution in [3.63, 3.8) is 0 Å². The highest BCUT2D eigenvalue weighted by molar-refractivity contribution is 5.88. The molecule has 0 radical (unpaired) electrons. The van der Waals surface area contributed by atoms with Gasteiger partial charge in [-0.1, -0.05) is 51.1 Å². The standard InChI is InChI=1S/C38H39F8N3O12/c1-38(2,3)27(35(54)60-23(21(47)11-25(50)51)14-57-33-28(43)17(39)9-18(40)29(33)44)32(49-37(56)59-13-16-7-5-4-6-8-16)36(55)61-24(22(48)12-26(52)53)15-58-34-30(45)19(41)10-20(42)31(34)46/h4-10,21-24,27,32H,11-15,47-48H2,1-3H3,(H,49,56)(H,50,51)(H,52,53)/t21-,22-,23?,24?,27?,32-/m0/s1. The molecule has 6 atom stereocenters. The quantitative estimate of drug-likeness (QED) is 0.0450. The Morgan fingerprint density at radius 2 is 1.05 bits per heavy atom. The number of carbonyl (C=O) groups excluding carboxylic acids is 3. The van der Waals surface area contributed by atoms with Crippen LogP contribution in [0, 0.1) is 57.9 Å². The zero-order chi connectivity index (χ0) is 45.9. The number of benzene rings is 3. The van der Waals surface area contributed by atoms with Crippen molar-refractivity contribution in [2.45, 2.75) is 70.6 Å². The molecule has 0 aliphatic rings.